The first-order valence-corrected chi connectivity index (χ1v) is 9.07. The Morgan fingerprint density at radius 1 is 1.17 bits per heavy atom. The van der Waals surface area contributed by atoms with Gasteiger partial charge >= 0.3 is 0 Å². The number of nitrogens with one attached hydrogen (secondary N) is 2. The van der Waals surface area contributed by atoms with Gasteiger partial charge in [-0.2, -0.15) is 0 Å². The van der Waals surface area contributed by atoms with Gasteiger partial charge in [-0.1, -0.05) is 43.2 Å². The molecule has 0 atom stereocenters. The molecule has 2 aromatic rings. The lowest BCUT2D eigenvalue weighted by atomic mass is 10.0. The molecule has 1 aliphatic carbocycles. The number of benzene rings is 1. The van der Waals surface area contributed by atoms with Crippen molar-refractivity contribution >= 4 is 23.2 Å². The predicted octanol–water partition coefficient (Wildman–Crippen LogP) is 3.46. The zero-order chi connectivity index (χ0) is 16.9. The van der Waals surface area contributed by atoms with Crippen LogP contribution in [-0.4, -0.2) is 16.8 Å². The summed E-state index contributed by atoms with van der Waals surface area (Å²) in [6, 6.07) is 9.74. The minimum Gasteiger partial charge on any atom is -0.273 e. The monoisotopic (exact) mass is 343 g/mol. The first-order valence-electron chi connectivity index (χ1n) is 8.25. The highest BCUT2D eigenvalue weighted by molar-refractivity contribution is 7.17. The van der Waals surface area contributed by atoms with Gasteiger partial charge in [0.25, 0.3) is 5.91 Å². The number of thiazole rings is 1. The van der Waals surface area contributed by atoms with Gasteiger partial charge in [0, 0.05) is 12.0 Å². The summed E-state index contributed by atoms with van der Waals surface area (Å²) in [6.07, 6.45) is 5.10. The Labute approximate surface area is 145 Å². The molecular weight excluding hydrogens is 322 g/mol. The van der Waals surface area contributed by atoms with E-state index in [0.717, 1.165) is 23.4 Å². The van der Waals surface area contributed by atoms with Gasteiger partial charge < -0.3 is 0 Å². The lowest BCUT2D eigenvalue weighted by molar-refractivity contribution is -0.122. The number of aryl methyl sites for hydroxylation is 1. The van der Waals surface area contributed by atoms with Gasteiger partial charge in [-0.15, -0.1) is 11.3 Å². The van der Waals surface area contributed by atoms with Gasteiger partial charge in [-0.25, -0.2) is 4.98 Å². The molecule has 126 valence electrons. The third-order valence-corrected chi connectivity index (χ3v) is 5.49. The molecular formula is C18H21N3O2S. The maximum absolute atomic E-state index is 12.3. The summed E-state index contributed by atoms with van der Waals surface area (Å²) in [5.74, 6) is 0.0179. The molecule has 1 saturated carbocycles. The predicted molar refractivity (Wildman–Crippen MR) is 94.5 cm³/mol. The normalized spacial score (nSPS) is 14.5. The third-order valence-electron chi connectivity index (χ3n) is 4.29. The minimum absolute atomic E-state index is 0.124. The largest absolute Gasteiger partial charge is 0.281 e. The maximum Gasteiger partial charge on any atom is 0.281 e. The first kappa shape index (κ1) is 16.6. The van der Waals surface area contributed by atoms with Gasteiger partial charge in [-0.05, 0) is 25.7 Å². The van der Waals surface area contributed by atoms with Crippen LogP contribution in [-0.2, 0) is 4.79 Å². The van der Waals surface area contributed by atoms with Crippen LogP contribution in [0.2, 0.25) is 0 Å². The highest BCUT2D eigenvalue weighted by Crippen LogP contribution is 2.28. The van der Waals surface area contributed by atoms with E-state index in [2.05, 4.69) is 15.8 Å². The van der Waals surface area contributed by atoms with Crippen molar-refractivity contribution in [2.75, 3.05) is 0 Å². The van der Waals surface area contributed by atoms with E-state index in [1.165, 1.54) is 24.2 Å². The Kier molecular flexibility index (Phi) is 5.25. The van der Waals surface area contributed by atoms with Crippen LogP contribution in [0.4, 0.5) is 0 Å². The molecule has 1 aromatic heterocycles. The molecule has 0 unspecified atom stereocenters. The van der Waals surface area contributed by atoms with Crippen molar-refractivity contribution in [3.8, 4) is 10.6 Å². The molecule has 24 heavy (non-hydrogen) atoms. The average molecular weight is 343 g/mol. The number of hydrazine groups is 1. The zero-order valence-corrected chi connectivity index (χ0v) is 14.5. The van der Waals surface area contributed by atoms with Crippen LogP contribution in [0.25, 0.3) is 10.6 Å². The van der Waals surface area contributed by atoms with Crippen molar-refractivity contribution in [2.45, 2.75) is 39.0 Å². The summed E-state index contributed by atoms with van der Waals surface area (Å²) in [5, 5.41) is 0.801. The number of hydrogen-bond acceptors (Lipinski definition) is 4. The van der Waals surface area contributed by atoms with Crippen molar-refractivity contribution in [1.29, 1.82) is 0 Å². The van der Waals surface area contributed by atoms with Crippen LogP contribution in [0, 0.1) is 12.8 Å². The summed E-state index contributed by atoms with van der Waals surface area (Å²) in [6.45, 7) is 1.80. The van der Waals surface area contributed by atoms with Crippen molar-refractivity contribution in [2.24, 2.45) is 5.92 Å². The summed E-state index contributed by atoms with van der Waals surface area (Å²) < 4.78 is 0. The van der Waals surface area contributed by atoms with E-state index in [-0.39, 0.29) is 11.8 Å². The zero-order valence-electron chi connectivity index (χ0n) is 13.7. The third kappa shape index (κ3) is 4.00. The fourth-order valence-corrected chi connectivity index (χ4v) is 3.99. The summed E-state index contributed by atoms with van der Waals surface area (Å²) in [5.41, 5.74) is 6.68. The van der Waals surface area contributed by atoms with Crippen LogP contribution in [0.5, 0.6) is 0 Å². The highest BCUT2D eigenvalue weighted by atomic mass is 32.1. The molecule has 0 bridgehead atoms. The molecule has 2 N–H and O–H groups in total. The Balaban J connectivity index is 1.59. The Bertz CT molecular complexity index is 721. The van der Waals surface area contributed by atoms with E-state index >= 15 is 0 Å². The van der Waals surface area contributed by atoms with Gasteiger partial charge in [-0.3, -0.25) is 20.4 Å². The molecule has 0 radical (unpaired) electrons. The second-order valence-electron chi connectivity index (χ2n) is 6.16. The molecule has 1 aliphatic rings. The summed E-state index contributed by atoms with van der Waals surface area (Å²) >= 11 is 1.33. The van der Waals surface area contributed by atoms with Crippen molar-refractivity contribution < 1.29 is 9.59 Å². The Morgan fingerprint density at radius 3 is 2.58 bits per heavy atom. The van der Waals surface area contributed by atoms with Crippen molar-refractivity contribution in [1.82, 2.24) is 15.8 Å². The minimum atomic E-state index is -0.313. The molecule has 1 aromatic carbocycles. The van der Waals surface area contributed by atoms with Gasteiger partial charge in [0.2, 0.25) is 5.91 Å². The molecule has 1 heterocycles. The average Bonchev–Trinajstić information content (AvgIpc) is 3.23. The van der Waals surface area contributed by atoms with Crippen molar-refractivity contribution in [3.63, 3.8) is 0 Å². The van der Waals surface area contributed by atoms with E-state index in [9.17, 15) is 9.59 Å². The van der Waals surface area contributed by atoms with Crippen LogP contribution in [0.1, 0.15) is 47.5 Å². The lowest BCUT2D eigenvalue weighted by Crippen LogP contribution is -2.42. The van der Waals surface area contributed by atoms with Crippen LogP contribution in [0.3, 0.4) is 0 Å². The van der Waals surface area contributed by atoms with Crippen LogP contribution < -0.4 is 10.9 Å². The second kappa shape index (κ2) is 7.57. The second-order valence-corrected chi connectivity index (χ2v) is 7.16. The van der Waals surface area contributed by atoms with Gasteiger partial charge in [0.1, 0.15) is 9.88 Å². The molecule has 0 spiro atoms. The molecule has 1 fully saturated rings. The van der Waals surface area contributed by atoms with E-state index in [1.54, 1.807) is 6.92 Å². The van der Waals surface area contributed by atoms with Crippen LogP contribution >= 0.6 is 11.3 Å². The number of carbonyl (C=O) groups excluding carboxylic acids is 2. The number of hydrogen-bond donors (Lipinski definition) is 2. The van der Waals surface area contributed by atoms with Gasteiger partial charge in [0.05, 0.1) is 5.69 Å². The van der Waals surface area contributed by atoms with Crippen LogP contribution in [0.15, 0.2) is 30.3 Å². The smallest absolute Gasteiger partial charge is 0.273 e. The van der Waals surface area contributed by atoms with Gasteiger partial charge in [0.15, 0.2) is 0 Å². The summed E-state index contributed by atoms with van der Waals surface area (Å²) in [4.78, 5) is 29.2. The number of carbonyl (C=O) groups is 2. The first-order chi connectivity index (χ1) is 11.6. The summed E-state index contributed by atoms with van der Waals surface area (Å²) in [7, 11) is 0. The standard InChI is InChI=1S/C18H21N3O2S/c1-12-16(24-18(19-12)14-9-3-2-4-10-14)17(23)21-20-15(22)11-13-7-5-6-8-13/h2-4,9-10,13H,5-8,11H2,1H3,(H,20,22)(H,21,23). The molecule has 5 nitrogen and oxygen atoms in total. The van der Waals surface area contributed by atoms with Crippen molar-refractivity contribution in [3.05, 3.63) is 40.9 Å². The SMILES string of the molecule is Cc1nc(-c2ccccc2)sc1C(=O)NNC(=O)CC1CCCC1. The van der Waals surface area contributed by atoms with E-state index in [1.807, 2.05) is 30.3 Å². The molecule has 2 amide bonds. The Morgan fingerprint density at radius 2 is 1.88 bits per heavy atom. The molecule has 0 saturated heterocycles. The molecule has 3 rings (SSSR count). The highest BCUT2D eigenvalue weighted by Gasteiger charge is 2.20. The lowest BCUT2D eigenvalue weighted by Gasteiger charge is -2.10. The fraction of sp³-hybridized carbons (Fsp3) is 0.389. The number of aromatic nitrogens is 1. The van der Waals surface area contributed by atoms with E-state index in [0.29, 0.717) is 22.9 Å². The number of amides is 2. The molecule has 6 heteroatoms. The number of nitrogens with zero attached hydrogens (tertiary/aromatic N) is 1. The topological polar surface area (TPSA) is 71.1 Å². The Hall–Kier alpha value is -2.21. The number of rotatable bonds is 4. The fourth-order valence-electron chi connectivity index (χ4n) is 3.02. The maximum atomic E-state index is 12.3. The quantitative estimate of drug-likeness (QED) is 0.835. The molecule has 0 aliphatic heterocycles. The van der Waals surface area contributed by atoms with E-state index < -0.39 is 0 Å². The van der Waals surface area contributed by atoms with E-state index in [4.69, 9.17) is 0 Å².